The zero-order valence-corrected chi connectivity index (χ0v) is 34.0. The van der Waals surface area contributed by atoms with E-state index in [-0.39, 0.29) is 40.1 Å². The van der Waals surface area contributed by atoms with E-state index in [4.69, 9.17) is 42.1 Å². The van der Waals surface area contributed by atoms with E-state index in [0.717, 1.165) is 41.8 Å². The van der Waals surface area contributed by atoms with Gasteiger partial charge in [0.05, 0.1) is 31.4 Å². The Morgan fingerprint density at radius 3 is 2.17 bits per heavy atom. The lowest BCUT2D eigenvalue weighted by Gasteiger charge is -2.44. The first kappa shape index (κ1) is 41.3. The summed E-state index contributed by atoms with van der Waals surface area (Å²) in [5.74, 6) is -0.530. The van der Waals surface area contributed by atoms with Gasteiger partial charge < -0.3 is 29.4 Å². The van der Waals surface area contributed by atoms with E-state index in [2.05, 4.69) is 10.2 Å². The van der Waals surface area contributed by atoms with Crippen LogP contribution in [0.3, 0.4) is 0 Å². The monoisotopic (exact) mass is 840 g/mol. The van der Waals surface area contributed by atoms with Gasteiger partial charge in [0.15, 0.2) is 11.5 Å². The number of carbonyl (C=O) groups excluding carboxylic acids is 2. The second kappa shape index (κ2) is 18.4. The number of hydrogen-bond donors (Lipinski definition) is 3. The molecule has 59 heavy (non-hydrogen) atoms. The minimum Gasteiger partial charge on any atom is -0.493 e. The molecule has 2 bridgehead atoms. The minimum atomic E-state index is -1.11. The predicted octanol–water partition coefficient (Wildman–Crippen LogP) is 7.88. The number of nitrogens with zero attached hydrogens (tertiary/aromatic N) is 2. The number of fused-ring (bicyclic) bond motifs is 3. The van der Waals surface area contributed by atoms with Gasteiger partial charge in [0, 0.05) is 23.3 Å². The number of carboxylic acid groups (broad SMARTS) is 1. The lowest BCUT2D eigenvalue weighted by atomic mass is 9.86. The van der Waals surface area contributed by atoms with Crippen molar-refractivity contribution < 1.29 is 48.4 Å². The van der Waals surface area contributed by atoms with Gasteiger partial charge in [-0.2, -0.15) is 0 Å². The second-order valence-electron chi connectivity index (χ2n) is 14.6. The van der Waals surface area contributed by atoms with Crippen molar-refractivity contribution >= 4 is 41.2 Å². The van der Waals surface area contributed by atoms with E-state index in [1.54, 1.807) is 54.6 Å². The Morgan fingerprint density at radius 1 is 0.847 bits per heavy atom. The summed E-state index contributed by atoms with van der Waals surface area (Å²) in [6.45, 7) is 2.73. The highest BCUT2D eigenvalue weighted by Crippen LogP contribution is 2.36. The molecular weight excluding hydrogens is 797 g/mol. The number of halogens is 2. The fraction of sp³-hybridized carbons (Fsp3) is 0.289. The summed E-state index contributed by atoms with van der Waals surface area (Å²) in [6.07, 6.45) is 3.13. The first-order valence-electron chi connectivity index (χ1n) is 19.2. The molecule has 8 rings (SSSR count). The van der Waals surface area contributed by atoms with Crippen molar-refractivity contribution in [3.05, 3.63) is 158 Å². The van der Waals surface area contributed by atoms with Crippen LogP contribution in [-0.2, 0) is 22.3 Å². The number of hydrogen-bond acceptors (Lipinski definition) is 9. The summed E-state index contributed by atoms with van der Waals surface area (Å²) in [5, 5.41) is 23.7. The van der Waals surface area contributed by atoms with Crippen molar-refractivity contribution in [3.8, 4) is 11.5 Å². The lowest BCUT2D eigenvalue weighted by molar-refractivity contribution is -0.904. The molecule has 3 aliphatic heterocycles. The molecule has 3 fully saturated rings. The number of ether oxygens (including phenoxy) is 4. The Hall–Kier alpha value is -5.82. The third-order valence-corrected chi connectivity index (χ3v) is 11.7. The van der Waals surface area contributed by atoms with Crippen LogP contribution in [0.2, 0.25) is 10.0 Å². The Labute approximate surface area is 351 Å². The van der Waals surface area contributed by atoms with Crippen LogP contribution in [0.4, 0.5) is 4.79 Å². The Morgan fingerprint density at radius 2 is 1.54 bits per heavy atom. The summed E-state index contributed by atoms with van der Waals surface area (Å²) >= 11 is 12.9. The molecule has 4 heterocycles. The molecule has 3 atom stereocenters. The molecule has 0 saturated carbocycles. The number of amides is 1. The summed E-state index contributed by atoms with van der Waals surface area (Å²) in [6, 6.07) is 25.5. The molecule has 14 heteroatoms. The molecule has 12 nitrogen and oxygen atoms in total. The maximum absolute atomic E-state index is 13.8. The maximum atomic E-state index is 13.8. The van der Waals surface area contributed by atoms with Gasteiger partial charge in [-0.1, -0.05) is 83.9 Å². The normalized spacial score (nSPS) is 18.0. The Balaban J connectivity index is 1.15. The first-order chi connectivity index (χ1) is 28.5. The molecule has 0 spiro atoms. The predicted molar refractivity (Wildman–Crippen MR) is 219 cm³/mol. The average molecular weight is 842 g/mol. The van der Waals surface area contributed by atoms with Gasteiger partial charge in [0.2, 0.25) is 12.4 Å². The van der Waals surface area contributed by atoms with E-state index in [1.807, 2.05) is 36.4 Å². The van der Waals surface area contributed by atoms with Gasteiger partial charge in [0.1, 0.15) is 22.3 Å². The number of carbonyl (C=O) groups is 3. The highest BCUT2D eigenvalue weighted by Gasteiger charge is 2.37. The van der Waals surface area contributed by atoms with E-state index in [0.29, 0.717) is 46.2 Å². The molecule has 0 unspecified atom stereocenters. The van der Waals surface area contributed by atoms with Crippen LogP contribution in [0.1, 0.15) is 79.1 Å². The van der Waals surface area contributed by atoms with Gasteiger partial charge in [-0.05, 0) is 96.4 Å². The maximum Gasteiger partial charge on any atom is 0.408 e. The van der Waals surface area contributed by atoms with E-state index in [1.165, 1.54) is 26.6 Å². The number of benzene rings is 4. The van der Waals surface area contributed by atoms with Crippen LogP contribution in [0.25, 0.3) is 0 Å². The van der Waals surface area contributed by atoms with Gasteiger partial charge >= 0.3 is 18.0 Å². The molecule has 306 valence electrons. The molecule has 4 aromatic carbocycles. The Bertz CT molecular complexity index is 2300. The van der Waals surface area contributed by atoms with E-state index in [9.17, 15) is 24.7 Å². The standard InChI is InChI=1S/C45H43Cl2N3O9/c1-56-38-16-15-31(22-40(38)57-2)39(23-35-36(46)24-50(55)25-37(35)47)58-44(53)30-13-11-27(12-14-30)21-34-32(9-6-10-33(34)43(51)52)42(29-7-4-3-5-8-29)48-45(54)59-41-26-49-19-17-28(41)18-20-49/h3-16,22,24-25,28,39,41-42H,17-21,23,26H2,1-2H3,(H2-,48,51,52,54,55)/p+1/t39-,41-,42-/m0/s1. The zero-order valence-electron chi connectivity index (χ0n) is 32.5. The van der Waals surface area contributed by atoms with E-state index >= 15 is 0 Å². The van der Waals surface area contributed by atoms with Crippen molar-refractivity contribution in [3.63, 3.8) is 0 Å². The van der Waals surface area contributed by atoms with Crippen LogP contribution in [-0.4, -0.2) is 73.2 Å². The summed E-state index contributed by atoms with van der Waals surface area (Å²) in [7, 11) is 3.01. The SMILES string of the molecule is COc1ccc([C@H](Cc2c(Cl)c[n+](O)cc2Cl)OC(=O)c2ccc(Cc3c(C(=O)O)cccc3[C@@H](NC(=O)O[C@H]3CN4CCC3CC4)c3ccccc3)cc2)cc1OC. The summed E-state index contributed by atoms with van der Waals surface area (Å²) in [4.78, 5) is 42.4. The first-order valence-corrected chi connectivity index (χ1v) is 20.0. The molecular formula is C45H44Cl2N3O9+. The van der Waals surface area contributed by atoms with Crippen LogP contribution < -0.4 is 19.5 Å². The van der Waals surface area contributed by atoms with Crippen LogP contribution in [0, 0.1) is 5.92 Å². The largest absolute Gasteiger partial charge is 0.493 e. The Kier molecular flexibility index (Phi) is 12.9. The van der Waals surface area contributed by atoms with Crippen molar-refractivity contribution in [2.24, 2.45) is 5.92 Å². The minimum absolute atomic E-state index is 0.0659. The number of rotatable bonds is 14. The zero-order chi connectivity index (χ0) is 41.6. The number of pyridine rings is 1. The summed E-state index contributed by atoms with van der Waals surface area (Å²) in [5.41, 5.74) is 3.94. The van der Waals surface area contributed by atoms with Crippen molar-refractivity contribution in [2.75, 3.05) is 33.9 Å². The van der Waals surface area contributed by atoms with Crippen LogP contribution >= 0.6 is 23.2 Å². The van der Waals surface area contributed by atoms with E-state index < -0.39 is 30.2 Å². The van der Waals surface area contributed by atoms with Crippen LogP contribution in [0.5, 0.6) is 11.5 Å². The van der Waals surface area contributed by atoms with Gasteiger partial charge in [-0.25, -0.2) is 14.4 Å². The van der Waals surface area contributed by atoms with Crippen LogP contribution in [0.15, 0.2) is 103 Å². The molecule has 5 aromatic rings. The molecule has 3 N–H and O–H groups in total. The molecule has 1 aromatic heterocycles. The third-order valence-electron chi connectivity index (χ3n) is 11.1. The highest BCUT2D eigenvalue weighted by molar-refractivity contribution is 6.35. The average Bonchev–Trinajstić information content (AvgIpc) is 3.24. The smallest absolute Gasteiger partial charge is 0.408 e. The number of piperidine rings is 3. The molecule has 0 aliphatic carbocycles. The number of aromatic nitrogens is 1. The number of aromatic carboxylic acids is 1. The topological polar surface area (TPSA) is 148 Å². The number of alkyl carbamates (subject to hydrolysis) is 1. The van der Waals surface area contributed by atoms with Crippen molar-refractivity contribution in [1.82, 2.24) is 10.2 Å². The van der Waals surface area contributed by atoms with Gasteiger partial charge in [-0.15, -0.1) is 0 Å². The number of esters is 1. The van der Waals surface area contributed by atoms with Crippen molar-refractivity contribution in [2.45, 2.75) is 43.9 Å². The number of carboxylic acids is 1. The van der Waals surface area contributed by atoms with Gasteiger partial charge in [0.25, 0.3) is 0 Å². The summed E-state index contributed by atoms with van der Waals surface area (Å²) < 4.78 is 23.8. The lowest BCUT2D eigenvalue weighted by Crippen LogP contribution is -2.52. The van der Waals surface area contributed by atoms with Crippen molar-refractivity contribution in [1.29, 1.82) is 0 Å². The van der Waals surface area contributed by atoms with Gasteiger partial charge in [-0.3, -0.25) is 10.1 Å². The quantitative estimate of drug-likeness (QED) is 0.0573. The molecule has 0 radical (unpaired) electrons. The molecule has 3 aliphatic rings. The fourth-order valence-corrected chi connectivity index (χ4v) is 8.56. The number of nitrogens with one attached hydrogen (secondary N) is 1. The fourth-order valence-electron chi connectivity index (χ4n) is 7.95. The third kappa shape index (κ3) is 9.57. The molecule has 1 amide bonds. The number of methoxy groups -OCH3 is 2. The molecule has 3 saturated heterocycles. The highest BCUT2D eigenvalue weighted by atomic mass is 35.5. The second-order valence-corrected chi connectivity index (χ2v) is 15.5.